The van der Waals surface area contributed by atoms with Crippen LogP contribution in [0.5, 0.6) is 0 Å². The molecule has 1 rings (SSSR count). The summed E-state index contributed by atoms with van der Waals surface area (Å²) in [5, 5.41) is 0. The van der Waals surface area contributed by atoms with Gasteiger partial charge in [0.25, 0.3) is 0 Å². The summed E-state index contributed by atoms with van der Waals surface area (Å²) >= 11 is 0. The van der Waals surface area contributed by atoms with E-state index in [1.54, 1.807) is 0 Å². The maximum Gasteiger partial charge on any atom is 0.147 e. The summed E-state index contributed by atoms with van der Waals surface area (Å²) in [6.07, 6.45) is 2.71. The van der Waals surface area contributed by atoms with E-state index in [2.05, 4.69) is 6.92 Å². The topological polar surface area (TPSA) is 60.2 Å². The molecule has 4 heteroatoms. The standard InChI is InChI=1S/C12H19NO2S/c1-3-10-4-6-11(7-5-10)12(13)8-9-16(2,14)15/h4-7,12H,3,8-9,13H2,1-2H3. The van der Waals surface area contributed by atoms with E-state index in [0.717, 1.165) is 12.0 Å². The molecule has 0 heterocycles. The van der Waals surface area contributed by atoms with Crippen molar-refractivity contribution in [2.75, 3.05) is 12.0 Å². The first-order valence-corrected chi connectivity index (χ1v) is 7.50. The molecule has 0 fully saturated rings. The molecular formula is C12H19NO2S. The van der Waals surface area contributed by atoms with E-state index in [0.29, 0.717) is 6.42 Å². The molecule has 0 saturated carbocycles. The Labute approximate surface area is 97.6 Å². The number of aryl methyl sites for hydroxylation is 1. The van der Waals surface area contributed by atoms with E-state index >= 15 is 0 Å². The summed E-state index contributed by atoms with van der Waals surface area (Å²) in [5.41, 5.74) is 8.19. The summed E-state index contributed by atoms with van der Waals surface area (Å²) in [5.74, 6) is 0.143. The third-order valence-corrected chi connectivity index (χ3v) is 3.59. The summed E-state index contributed by atoms with van der Waals surface area (Å²) in [4.78, 5) is 0. The predicted octanol–water partition coefficient (Wildman–Crippen LogP) is 1.68. The van der Waals surface area contributed by atoms with Crippen LogP contribution in [0.2, 0.25) is 0 Å². The van der Waals surface area contributed by atoms with Gasteiger partial charge in [0.05, 0.1) is 5.75 Å². The number of sulfone groups is 1. The zero-order valence-electron chi connectivity index (χ0n) is 9.81. The lowest BCUT2D eigenvalue weighted by Gasteiger charge is -2.11. The number of hydrogen-bond donors (Lipinski definition) is 1. The zero-order valence-corrected chi connectivity index (χ0v) is 10.6. The van der Waals surface area contributed by atoms with Gasteiger partial charge in [-0.05, 0) is 24.0 Å². The van der Waals surface area contributed by atoms with Crippen molar-refractivity contribution in [1.29, 1.82) is 0 Å². The first kappa shape index (κ1) is 13.2. The summed E-state index contributed by atoms with van der Waals surface area (Å²) in [6.45, 7) is 2.10. The first-order valence-electron chi connectivity index (χ1n) is 5.44. The molecule has 0 aromatic heterocycles. The van der Waals surface area contributed by atoms with Crippen LogP contribution in [0.1, 0.15) is 30.5 Å². The second kappa shape index (κ2) is 5.46. The average Bonchev–Trinajstić information content (AvgIpc) is 2.25. The van der Waals surface area contributed by atoms with Crippen LogP contribution in [0.3, 0.4) is 0 Å². The van der Waals surface area contributed by atoms with Gasteiger partial charge in [-0.2, -0.15) is 0 Å². The Morgan fingerprint density at radius 2 is 1.81 bits per heavy atom. The predicted molar refractivity (Wildman–Crippen MR) is 67.1 cm³/mol. The van der Waals surface area contributed by atoms with Crippen molar-refractivity contribution in [3.8, 4) is 0 Å². The van der Waals surface area contributed by atoms with E-state index in [1.165, 1.54) is 11.8 Å². The molecule has 0 amide bonds. The second-order valence-electron chi connectivity index (χ2n) is 4.12. The number of rotatable bonds is 5. The van der Waals surface area contributed by atoms with Gasteiger partial charge in [0.15, 0.2) is 0 Å². The molecule has 0 aliphatic rings. The minimum atomic E-state index is -2.92. The van der Waals surface area contributed by atoms with Gasteiger partial charge < -0.3 is 5.73 Å². The Morgan fingerprint density at radius 1 is 1.25 bits per heavy atom. The molecule has 3 nitrogen and oxygen atoms in total. The molecule has 2 N–H and O–H groups in total. The van der Waals surface area contributed by atoms with Crippen LogP contribution < -0.4 is 5.73 Å². The fourth-order valence-corrected chi connectivity index (χ4v) is 2.19. The summed E-state index contributed by atoms with van der Waals surface area (Å²) < 4.78 is 22.0. The van der Waals surface area contributed by atoms with Crippen molar-refractivity contribution in [1.82, 2.24) is 0 Å². The maximum absolute atomic E-state index is 11.0. The number of benzene rings is 1. The van der Waals surface area contributed by atoms with Crippen molar-refractivity contribution in [3.05, 3.63) is 35.4 Å². The van der Waals surface area contributed by atoms with Crippen LogP contribution in [-0.2, 0) is 16.3 Å². The molecule has 0 spiro atoms. The normalized spacial score (nSPS) is 13.7. The SMILES string of the molecule is CCc1ccc(C(N)CCS(C)(=O)=O)cc1. The monoisotopic (exact) mass is 241 g/mol. The van der Waals surface area contributed by atoms with Crippen molar-refractivity contribution in [2.24, 2.45) is 5.73 Å². The van der Waals surface area contributed by atoms with Gasteiger partial charge >= 0.3 is 0 Å². The Hall–Kier alpha value is -0.870. The molecule has 1 unspecified atom stereocenters. The van der Waals surface area contributed by atoms with Crippen LogP contribution in [0.25, 0.3) is 0 Å². The van der Waals surface area contributed by atoms with Gasteiger partial charge in [0.1, 0.15) is 9.84 Å². The Kier molecular flexibility index (Phi) is 4.50. The van der Waals surface area contributed by atoms with Gasteiger partial charge in [0.2, 0.25) is 0 Å². The molecule has 1 aromatic rings. The van der Waals surface area contributed by atoms with E-state index < -0.39 is 9.84 Å². The molecular weight excluding hydrogens is 222 g/mol. The molecule has 90 valence electrons. The van der Waals surface area contributed by atoms with Crippen LogP contribution >= 0.6 is 0 Å². The highest BCUT2D eigenvalue weighted by atomic mass is 32.2. The lowest BCUT2D eigenvalue weighted by atomic mass is 10.0. The molecule has 0 aliphatic carbocycles. The lowest BCUT2D eigenvalue weighted by Crippen LogP contribution is -2.15. The lowest BCUT2D eigenvalue weighted by molar-refractivity contribution is 0.591. The average molecular weight is 241 g/mol. The molecule has 0 aliphatic heterocycles. The third kappa shape index (κ3) is 4.33. The van der Waals surface area contributed by atoms with Crippen LogP contribution in [0, 0.1) is 0 Å². The number of nitrogens with two attached hydrogens (primary N) is 1. The Morgan fingerprint density at radius 3 is 2.25 bits per heavy atom. The minimum absolute atomic E-state index is 0.143. The highest BCUT2D eigenvalue weighted by molar-refractivity contribution is 7.90. The molecule has 0 bridgehead atoms. The largest absolute Gasteiger partial charge is 0.324 e. The minimum Gasteiger partial charge on any atom is -0.324 e. The van der Waals surface area contributed by atoms with Gasteiger partial charge in [-0.3, -0.25) is 0 Å². The zero-order chi connectivity index (χ0) is 12.2. The molecule has 0 saturated heterocycles. The third-order valence-electron chi connectivity index (χ3n) is 2.62. The van der Waals surface area contributed by atoms with Crippen LogP contribution in [0.4, 0.5) is 0 Å². The summed E-state index contributed by atoms with van der Waals surface area (Å²) in [6, 6.07) is 7.84. The quantitative estimate of drug-likeness (QED) is 0.853. The Balaban J connectivity index is 2.62. The van der Waals surface area contributed by atoms with Gasteiger partial charge in [-0.15, -0.1) is 0 Å². The number of hydrogen-bond acceptors (Lipinski definition) is 3. The van der Waals surface area contributed by atoms with Gasteiger partial charge in [-0.1, -0.05) is 31.2 Å². The van der Waals surface area contributed by atoms with Crippen LogP contribution in [0.15, 0.2) is 24.3 Å². The van der Waals surface area contributed by atoms with Crippen molar-refractivity contribution < 1.29 is 8.42 Å². The van der Waals surface area contributed by atoms with Gasteiger partial charge in [0, 0.05) is 12.3 Å². The first-order chi connectivity index (χ1) is 7.42. The van der Waals surface area contributed by atoms with E-state index in [-0.39, 0.29) is 11.8 Å². The van der Waals surface area contributed by atoms with E-state index in [9.17, 15) is 8.42 Å². The van der Waals surface area contributed by atoms with Gasteiger partial charge in [-0.25, -0.2) is 8.42 Å². The Bertz CT molecular complexity index is 423. The fraction of sp³-hybridized carbons (Fsp3) is 0.500. The highest BCUT2D eigenvalue weighted by Crippen LogP contribution is 2.15. The van der Waals surface area contributed by atoms with Crippen molar-refractivity contribution in [2.45, 2.75) is 25.8 Å². The van der Waals surface area contributed by atoms with E-state index in [1.807, 2.05) is 24.3 Å². The molecule has 16 heavy (non-hydrogen) atoms. The smallest absolute Gasteiger partial charge is 0.147 e. The van der Waals surface area contributed by atoms with Crippen molar-refractivity contribution in [3.63, 3.8) is 0 Å². The molecule has 1 atom stereocenters. The van der Waals surface area contributed by atoms with E-state index in [4.69, 9.17) is 5.73 Å². The summed E-state index contributed by atoms with van der Waals surface area (Å²) in [7, 11) is -2.92. The highest BCUT2D eigenvalue weighted by Gasteiger charge is 2.09. The van der Waals surface area contributed by atoms with Crippen LogP contribution in [-0.4, -0.2) is 20.4 Å². The van der Waals surface area contributed by atoms with Crippen molar-refractivity contribution >= 4 is 9.84 Å². The maximum atomic E-state index is 11.0. The second-order valence-corrected chi connectivity index (χ2v) is 6.38. The molecule has 0 radical (unpaired) electrons. The molecule has 1 aromatic carbocycles. The fourth-order valence-electron chi connectivity index (χ4n) is 1.51.